The molecule has 184 valence electrons. The highest BCUT2D eigenvalue weighted by Gasteiger charge is 2.31. The van der Waals surface area contributed by atoms with Gasteiger partial charge < -0.3 is 10.2 Å². The lowest BCUT2D eigenvalue weighted by Gasteiger charge is -2.32. The van der Waals surface area contributed by atoms with E-state index in [1.165, 1.54) is 11.8 Å². The fourth-order valence-electron chi connectivity index (χ4n) is 3.57. The second-order valence-electron chi connectivity index (χ2n) is 8.40. The smallest absolute Gasteiger partial charge is 0.243 e. The summed E-state index contributed by atoms with van der Waals surface area (Å²) < 4.78 is 0. The van der Waals surface area contributed by atoms with E-state index in [1.54, 1.807) is 17.0 Å². The number of nitrogens with zero attached hydrogens (tertiary/aromatic N) is 1. The van der Waals surface area contributed by atoms with Crippen molar-refractivity contribution < 1.29 is 9.59 Å². The molecule has 0 heterocycles. The molecule has 0 aliphatic carbocycles. The first-order valence-corrected chi connectivity index (χ1v) is 13.4. The summed E-state index contributed by atoms with van der Waals surface area (Å²) in [5.41, 5.74) is 1.80. The number of amides is 2. The minimum atomic E-state index is -0.676. The van der Waals surface area contributed by atoms with Crippen molar-refractivity contribution in [3.8, 4) is 0 Å². The number of nitrogens with one attached hydrogen (secondary N) is 1. The van der Waals surface area contributed by atoms with E-state index >= 15 is 0 Å². The molecule has 0 radical (unpaired) electrons. The van der Waals surface area contributed by atoms with E-state index in [9.17, 15) is 9.59 Å². The molecule has 0 spiro atoms. The van der Waals surface area contributed by atoms with Gasteiger partial charge in [0.2, 0.25) is 11.8 Å². The van der Waals surface area contributed by atoms with Gasteiger partial charge in [0.15, 0.2) is 0 Å². The molecule has 3 aromatic rings. The normalized spacial score (nSPS) is 12.6. The molecule has 0 unspecified atom stereocenters. The summed E-state index contributed by atoms with van der Waals surface area (Å²) in [6.45, 7) is 4.23. The van der Waals surface area contributed by atoms with Crippen molar-refractivity contribution in [2.45, 2.75) is 50.2 Å². The van der Waals surface area contributed by atoms with Crippen molar-refractivity contribution in [1.82, 2.24) is 10.2 Å². The number of carbonyl (C=O) groups is 2. The van der Waals surface area contributed by atoms with E-state index in [2.05, 4.69) is 5.32 Å². The summed E-state index contributed by atoms with van der Waals surface area (Å²) in [5, 5.41) is 3.94. The zero-order chi connectivity index (χ0) is 25.2. The molecule has 35 heavy (non-hydrogen) atoms. The monoisotopic (exact) mass is 528 g/mol. The van der Waals surface area contributed by atoms with Crippen LogP contribution in [0.3, 0.4) is 0 Å². The van der Waals surface area contributed by atoms with E-state index in [1.807, 2.05) is 80.6 Å². The first kappa shape index (κ1) is 27.1. The molecule has 4 nitrogen and oxygen atoms in total. The van der Waals surface area contributed by atoms with Gasteiger partial charge in [0.1, 0.15) is 6.04 Å². The third-order valence-corrected chi connectivity index (χ3v) is 7.45. The van der Waals surface area contributed by atoms with E-state index in [0.717, 1.165) is 22.4 Å². The van der Waals surface area contributed by atoms with E-state index < -0.39 is 6.04 Å². The number of hydrogen-bond acceptors (Lipinski definition) is 3. The van der Waals surface area contributed by atoms with Crippen LogP contribution >= 0.6 is 35.0 Å². The molecule has 0 saturated heterocycles. The Kier molecular flexibility index (Phi) is 10.5. The van der Waals surface area contributed by atoms with Crippen LogP contribution in [0.2, 0.25) is 10.0 Å². The Morgan fingerprint density at radius 1 is 0.914 bits per heavy atom. The minimum absolute atomic E-state index is 0.00129. The average molecular weight is 530 g/mol. The second-order valence-corrected chi connectivity index (χ2v) is 10.3. The Morgan fingerprint density at radius 2 is 1.57 bits per heavy atom. The van der Waals surface area contributed by atoms with Crippen LogP contribution in [0, 0.1) is 0 Å². The number of halogens is 2. The van der Waals surface area contributed by atoms with Gasteiger partial charge in [0, 0.05) is 23.9 Å². The van der Waals surface area contributed by atoms with Gasteiger partial charge in [0.05, 0.1) is 15.8 Å². The van der Waals surface area contributed by atoms with Crippen LogP contribution in [0.15, 0.2) is 83.8 Å². The van der Waals surface area contributed by atoms with Crippen LogP contribution in [0.4, 0.5) is 0 Å². The molecule has 3 aromatic carbocycles. The van der Waals surface area contributed by atoms with Gasteiger partial charge in [-0.1, -0.05) is 84.7 Å². The van der Waals surface area contributed by atoms with Crippen molar-refractivity contribution in [2.75, 3.05) is 5.75 Å². The fraction of sp³-hybridized carbons (Fsp3) is 0.286. The lowest BCUT2D eigenvalue weighted by molar-refractivity contribution is -0.139. The van der Waals surface area contributed by atoms with Crippen LogP contribution in [0.25, 0.3) is 0 Å². The number of thioether (sulfide) groups is 1. The van der Waals surface area contributed by atoms with Crippen LogP contribution in [0.5, 0.6) is 0 Å². The topological polar surface area (TPSA) is 49.4 Å². The van der Waals surface area contributed by atoms with Gasteiger partial charge in [-0.15, -0.1) is 11.8 Å². The summed E-state index contributed by atoms with van der Waals surface area (Å²) >= 11 is 13.8. The van der Waals surface area contributed by atoms with Gasteiger partial charge >= 0.3 is 0 Å². The highest BCUT2D eigenvalue weighted by Crippen LogP contribution is 2.25. The lowest BCUT2D eigenvalue weighted by Crippen LogP contribution is -2.52. The van der Waals surface area contributed by atoms with Crippen molar-refractivity contribution in [3.63, 3.8) is 0 Å². The highest BCUT2D eigenvalue weighted by atomic mass is 35.5. The summed E-state index contributed by atoms with van der Waals surface area (Å²) in [4.78, 5) is 29.8. The van der Waals surface area contributed by atoms with E-state index in [-0.39, 0.29) is 30.2 Å². The molecule has 0 aromatic heterocycles. The molecule has 3 rings (SSSR count). The Hall–Kier alpha value is -2.47. The first-order chi connectivity index (χ1) is 16.9. The molecule has 2 atom stereocenters. The van der Waals surface area contributed by atoms with Crippen molar-refractivity contribution in [2.24, 2.45) is 0 Å². The Balaban J connectivity index is 1.93. The van der Waals surface area contributed by atoms with Gasteiger partial charge in [-0.3, -0.25) is 9.59 Å². The Labute approximate surface area is 222 Å². The highest BCUT2D eigenvalue weighted by molar-refractivity contribution is 8.00. The first-order valence-electron chi connectivity index (χ1n) is 11.6. The number of hydrogen-bond donors (Lipinski definition) is 1. The molecule has 0 aliphatic rings. The molecule has 0 aliphatic heterocycles. The third kappa shape index (κ3) is 8.31. The molecule has 0 bridgehead atoms. The maximum absolute atomic E-state index is 13.6. The maximum Gasteiger partial charge on any atom is 0.243 e. The van der Waals surface area contributed by atoms with Crippen molar-refractivity contribution in [1.29, 1.82) is 0 Å². The Morgan fingerprint density at radius 3 is 2.20 bits per heavy atom. The van der Waals surface area contributed by atoms with E-state index in [0.29, 0.717) is 16.5 Å². The average Bonchev–Trinajstić information content (AvgIpc) is 2.87. The largest absolute Gasteiger partial charge is 0.352 e. The zero-order valence-corrected chi connectivity index (χ0v) is 22.2. The SMILES string of the molecule is CC[C@H](C)NC(=O)[C@@H](Cc1ccccc1)N(Cc1ccc(Cl)c(Cl)c1)C(=O)CSc1ccccc1. The molecule has 0 fully saturated rings. The second kappa shape index (κ2) is 13.6. The predicted molar refractivity (Wildman–Crippen MR) is 146 cm³/mol. The fourth-order valence-corrected chi connectivity index (χ4v) is 4.70. The van der Waals surface area contributed by atoms with Crippen molar-refractivity contribution in [3.05, 3.63) is 100 Å². The van der Waals surface area contributed by atoms with E-state index in [4.69, 9.17) is 23.2 Å². The maximum atomic E-state index is 13.6. The van der Waals surface area contributed by atoms with Crippen molar-refractivity contribution >= 4 is 46.8 Å². The third-order valence-electron chi connectivity index (χ3n) is 5.71. The standard InChI is InChI=1S/C28H30Cl2N2O2S/c1-3-20(2)31-28(34)26(17-21-10-6-4-7-11-21)32(18-22-14-15-24(29)25(30)16-22)27(33)19-35-23-12-8-5-9-13-23/h4-16,20,26H,3,17-19H2,1-2H3,(H,31,34)/t20-,26+/m0/s1. The quantitative estimate of drug-likeness (QED) is 0.283. The number of carbonyl (C=O) groups excluding carboxylic acids is 2. The summed E-state index contributed by atoms with van der Waals surface area (Å²) in [6, 6.07) is 24.2. The number of rotatable bonds is 11. The van der Waals surface area contributed by atoms with Gasteiger partial charge in [0.25, 0.3) is 0 Å². The zero-order valence-electron chi connectivity index (χ0n) is 19.9. The molecule has 1 N–H and O–H groups in total. The number of benzene rings is 3. The van der Waals surface area contributed by atoms with Gasteiger partial charge in [-0.2, -0.15) is 0 Å². The minimum Gasteiger partial charge on any atom is -0.352 e. The van der Waals surface area contributed by atoms with Crippen LogP contribution in [-0.2, 0) is 22.6 Å². The lowest BCUT2D eigenvalue weighted by atomic mass is 10.0. The molecular formula is C28H30Cl2N2O2S. The summed E-state index contributed by atoms with van der Waals surface area (Å²) in [6.07, 6.45) is 1.21. The molecular weight excluding hydrogens is 499 g/mol. The summed E-state index contributed by atoms with van der Waals surface area (Å²) in [5.74, 6) is -0.0702. The Bertz CT molecular complexity index is 1110. The predicted octanol–water partition coefficient (Wildman–Crippen LogP) is 6.64. The molecule has 0 saturated carbocycles. The van der Waals surface area contributed by atoms with Gasteiger partial charge in [-0.25, -0.2) is 0 Å². The van der Waals surface area contributed by atoms with Crippen LogP contribution in [0.1, 0.15) is 31.4 Å². The van der Waals surface area contributed by atoms with Crippen LogP contribution in [-0.4, -0.2) is 34.6 Å². The van der Waals surface area contributed by atoms with Crippen LogP contribution < -0.4 is 5.32 Å². The molecule has 7 heteroatoms. The van der Waals surface area contributed by atoms with Gasteiger partial charge in [-0.05, 0) is 48.7 Å². The molecule has 2 amide bonds. The summed E-state index contributed by atoms with van der Waals surface area (Å²) in [7, 11) is 0.